The molecule has 0 aromatic carbocycles. The van der Waals surface area contributed by atoms with Crippen molar-refractivity contribution in [3.8, 4) is 0 Å². The molecule has 8 bridgehead atoms. The van der Waals surface area contributed by atoms with Gasteiger partial charge in [0.15, 0.2) is 5.60 Å². The smallest absolute Gasteiger partial charge is 0.419 e. The second-order valence-electron chi connectivity index (χ2n) is 45.7. The van der Waals surface area contributed by atoms with E-state index in [0.717, 1.165) is 64.7 Å². The topological polar surface area (TPSA) is 285 Å². The van der Waals surface area contributed by atoms with Crippen LogP contribution in [0.3, 0.4) is 0 Å². The molecule has 0 aromatic heterocycles. The third kappa shape index (κ3) is 22.2. The lowest BCUT2D eigenvalue weighted by molar-refractivity contribution is -0.357. The molecule has 0 amide bonds. The van der Waals surface area contributed by atoms with Gasteiger partial charge in [-0.05, 0) is 362 Å². The predicted octanol–water partition coefficient (Wildman–Crippen LogP) is 19.3. The molecule has 9 fully saturated rings. The molecule has 0 spiro atoms. The van der Waals surface area contributed by atoms with Gasteiger partial charge in [0.05, 0.1) is 116 Å². The van der Waals surface area contributed by atoms with E-state index in [9.17, 15) is 63.3 Å². The summed E-state index contributed by atoms with van der Waals surface area (Å²) in [6, 6.07) is 0. The summed E-state index contributed by atoms with van der Waals surface area (Å²) in [5.41, 5.74) is -17.2. The molecule has 9 saturated carbocycles. The molecule has 13 atom stereocenters. The number of alkyl halides is 3. The molecule has 13 unspecified atom stereocenters. The first kappa shape index (κ1) is 107. The maximum atomic E-state index is 13.7. The van der Waals surface area contributed by atoms with Crippen LogP contribution in [0.15, 0.2) is 36.5 Å². The Balaban J connectivity index is 0.000000323. The highest BCUT2D eigenvalue weighted by molar-refractivity contribution is 5.88. The average molecular weight is 1710 g/mol. The summed E-state index contributed by atoms with van der Waals surface area (Å²) in [5.74, 6) is -1.52. The van der Waals surface area contributed by atoms with Gasteiger partial charge in [-0.1, -0.05) is 47.4 Å². The Morgan fingerprint density at radius 2 is 0.567 bits per heavy atom. The van der Waals surface area contributed by atoms with Crippen LogP contribution in [-0.4, -0.2) is 198 Å². The van der Waals surface area contributed by atoms with Gasteiger partial charge in [-0.15, -0.1) is 0 Å². The molecular weight excluding hydrogens is 1540 g/mol. The number of carbonyl (C=O) groups is 3. The highest BCUT2D eigenvalue weighted by atomic mass is 19.4. The maximum Gasteiger partial charge on any atom is 0.419 e. The molecule has 0 radical (unpaired) electrons. The van der Waals surface area contributed by atoms with E-state index in [4.69, 9.17) is 47.4 Å². The van der Waals surface area contributed by atoms with E-state index < -0.39 is 161 Å². The summed E-state index contributed by atoms with van der Waals surface area (Å²) >= 11 is 0. The molecule has 0 saturated heterocycles. The third-order valence-corrected chi connectivity index (χ3v) is 32.1. The van der Waals surface area contributed by atoms with Crippen molar-refractivity contribution in [2.24, 2.45) is 44.8 Å². The molecular formula is C97H171F3O20. The van der Waals surface area contributed by atoms with Crippen LogP contribution in [-0.2, 0) is 61.8 Å². The number of hydrogen-bond acceptors (Lipinski definition) is 20. The van der Waals surface area contributed by atoms with Crippen LogP contribution in [0.1, 0.15) is 372 Å². The quantitative estimate of drug-likeness (QED) is 0.0172. The molecule has 0 heterocycles. The number of ether oxygens (including phenoxy) is 10. The van der Waals surface area contributed by atoms with E-state index in [-0.39, 0.29) is 46.4 Å². The Kier molecular flexibility index (Phi) is 31.7. The van der Waals surface area contributed by atoms with Crippen LogP contribution >= 0.6 is 0 Å². The number of halogens is 3. The molecule has 700 valence electrons. The van der Waals surface area contributed by atoms with Crippen LogP contribution in [0.4, 0.5) is 13.2 Å². The average Bonchev–Trinajstić information content (AvgIpc) is 0.688. The lowest BCUT2D eigenvalue weighted by Gasteiger charge is -2.77. The van der Waals surface area contributed by atoms with Gasteiger partial charge < -0.3 is 83.1 Å². The second-order valence-corrected chi connectivity index (χ2v) is 45.7. The summed E-state index contributed by atoms with van der Waals surface area (Å²) in [6.45, 7) is 79.6. The SMILES string of the molecule is C=C(C)C(=O)OC12CC3(C(C)(C)OC(C)C(C)(C)O)CC(C(C)(C)OC(C)C(C)(C)O)(C1)CC(C(C)(C)OC(C)C(C)(C)O)(C2)C3.C=C(C)C(=O)OC12CC3CC(C(C)(C)OC(C)C(C)(C)O)(C1)CC(C(C)(C)OC(C)C(C)(C)O)(C3)C2.C=C(C)C(=O)OC1CC(C(CC)(CC)OC(C)C(C)(C)O)C(C(CC)(CC)OC(C)C(C)(O)C(F)(F)F)C1. The van der Waals surface area contributed by atoms with E-state index in [0.29, 0.717) is 74.9 Å². The van der Waals surface area contributed by atoms with Crippen molar-refractivity contribution >= 4 is 17.9 Å². The van der Waals surface area contributed by atoms with Crippen LogP contribution < -0.4 is 0 Å². The minimum absolute atomic E-state index is 0.256. The minimum atomic E-state index is -4.88. The Hall–Kier alpha value is -3.14. The molecule has 120 heavy (non-hydrogen) atoms. The van der Waals surface area contributed by atoms with Gasteiger partial charge in [0.2, 0.25) is 0 Å². The first-order valence-corrected chi connectivity index (χ1v) is 44.9. The van der Waals surface area contributed by atoms with Gasteiger partial charge in [-0.2, -0.15) is 13.2 Å². The van der Waals surface area contributed by atoms with E-state index in [1.54, 1.807) is 111 Å². The van der Waals surface area contributed by atoms with Gasteiger partial charge in [0.1, 0.15) is 17.3 Å². The summed E-state index contributed by atoms with van der Waals surface area (Å²) < 4.78 is 107. The van der Waals surface area contributed by atoms with E-state index >= 15 is 0 Å². The monoisotopic (exact) mass is 1710 g/mol. The Labute approximate surface area is 722 Å². The second kappa shape index (κ2) is 35.4. The fraction of sp³-hybridized carbons (Fsp3) is 0.907. The van der Waals surface area contributed by atoms with Crippen molar-refractivity contribution in [2.75, 3.05) is 0 Å². The minimum Gasteiger partial charge on any atom is -0.459 e. The predicted molar refractivity (Wildman–Crippen MR) is 465 cm³/mol. The molecule has 9 rings (SSSR count). The molecule has 0 aromatic rings. The van der Waals surface area contributed by atoms with Crippen molar-refractivity contribution in [3.05, 3.63) is 36.5 Å². The van der Waals surface area contributed by atoms with Gasteiger partial charge >= 0.3 is 24.1 Å². The van der Waals surface area contributed by atoms with Crippen LogP contribution in [0, 0.1) is 44.8 Å². The van der Waals surface area contributed by atoms with Gasteiger partial charge in [0, 0.05) is 43.8 Å². The molecule has 20 nitrogen and oxygen atoms in total. The van der Waals surface area contributed by atoms with Crippen LogP contribution in [0.5, 0.6) is 0 Å². The molecule has 9 aliphatic rings. The van der Waals surface area contributed by atoms with Crippen molar-refractivity contribution in [2.45, 2.75) is 516 Å². The summed E-state index contributed by atoms with van der Waals surface area (Å²) in [7, 11) is 0. The molecule has 9 aliphatic carbocycles. The van der Waals surface area contributed by atoms with Gasteiger partial charge in [0.25, 0.3) is 0 Å². The fourth-order valence-electron chi connectivity index (χ4n) is 22.2. The number of carbonyl (C=O) groups excluding carboxylic acids is 3. The highest BCUT2D eigenvalue weighted by Crippen LogP contribution is 2.80. The van der Waals surface area contributed by atoms with Crippen molar-refractivity contribution in [1.82, 2.24) is 0 Å². The summed E-state index contributed by atoms with van der Waals surface area (Å²) in [4.78, 5) is 38.8. The first-order valence-electron chi connectivity index (χ1n) is 44.9. The zero-order valence-corrected chi connectivity index (χ0v) is 81.8. The van der Waals surface area contributed by atoms with Crippen molar-refractivity contribution < 1.29 is 111 Å². The normalized spacial score (nSPS) is 30.6. The van der Waals surface area contributed by atoms with Crippen LogP contribution in [0.25, 0.3) is 0 Å². The number of hydrogen-bond donors (Lipinski definition) is 7. The summed E-state index contributed by atoms with van der Waals surface area (Å²) in [6.07, 6.45) is 2.18. The molecule has 0 aliphatic heterocycles. The largest absolute Gasteiger partial charge is 0.459 e. The lowest BCUT2D eigenvalue weighted by atomic mass is 9.31. The molecule has 7 N–H and O–H groups in total. The van der Waals surface area contributed by atoms with E-state index in [1.165, 1.54) is 6.92 Å². The zero-order valence-electron chi connectivity index (χ0n) is 81.8. The Morgan fingerprint density at radius 3 is 0.808 bits per heavy atom. The van der Waals surface area contributed by atoms with E-state index in [2.05, 4.69) is 89.0 Å². The number of aliphatic hydroxyl groups is 7. The van der Waals surface area contributed by atoms with Crippen molar-refractivity contribution in [3.63, 3.8) is 0 Å². The third-order valence-electron chi connectivity index (χ3n) is 32.1. The van der Waals surface area contributed by atoms with Crippen molar-refractivity contribution in [1.29, 1.82) is 0 Å². The Morgan fingerprint density at radius 1 is 0.342 bits per heavy atom. The molecule has 23 heteroatoms. The zero-order chi connectivity index (χ0) is 93.6. The Bertz CT molecular complexity index is 3370. The van der Waals surface area contributed by atoms with Crippen LogP contribution in [0.2, 0.25) is 0 Å². The number of esters is 3. The van der Waals surface area contributed by atoms with Gasteiger partial charge in [-0.3, -0.25) is 0 Å². The van der Waals surface area contributed by atoms with Gasteiger partial charge in [-0.25, -0.2) is 14.4 Å². The fourth-order valence-corrected chi connectivity index (χ4v) is 22.2. The number of rotatable bonds is 38. The van der Waals surface area contributed by atoms with E-state index in [1.807, 2.05) is 62.3 Å². The summed E-state index contributed by atoms with van der Waals surface area (Å²) in [5, 5.41) is 75.3. The maximum absolute atomic E-state index is 13.7. The highest BCUT2D eigenvalue weighted by Gasteiger charge is 2.79. The first-order chi connectivity index (χ1) is 53.4. The lowest BCUT2D eigenvalue weighted by Crippen LogP contribution is -2.77. The standard InChI is InChI=1S/C38H68O8.C30H52O6.C29H51F3O6/c1-24(2)28(39)46-38-21-35(32(12,13)43-25(3)29(6,7)40)18-36(22-38,33(14,15)44-26(4)30(8,9)41)20-37(19-35,23-38)34(16,17)45-27(5)31(10,11)42;1-19(2)23(31)36-30-15-22-13-28(17-30,26(9,10)34-20(3)24(5,6)32)16-29(14-22,18-30)27(11,12)35-21(4)25(7,8)33;1-12-27(13-2,37-19(7)25(9,10)34)22-16-21(36-24(33)18(5)6)17-23(22)28(14-3,15-4)38-20(8)26(11,35)29(30,31)32/h25-27,40-42H,1,18-23H2,2-17H3;20-22,32-33H,1,13-18H2,2-12H3;19-23,34-35H,5,12-17H2,1-4,6-11H3.